The first-order valence-electron chi connectivity index (χ1n) is 10.0. The number of para-hydroxylation sites is 2. The number of nitrogens with one attached hydrogen (secondary N) is 1. The SMILES string of the molecule is CC(=O)NC(C(=O)N1CCC(c2nc3ccccc3o2)CC1)C1CCCC1. The number of oxazole rings is 1. The zero-order chi connectivity index (χ0) is 18.8. The first-order valence-corrected chi connectivity index (χ1v) is 10.0. The van der Waals surface area contributed by atoms with Gasteiger partial charge in [-0.25, -0.2) is 4.98 Å². The van der Waals surface area contributed by atoms with Gasteiger partial charge in [-0.05, 0) is 43.7 Å². The lowest BCUT2D eigenvalue weighted by Crippen LogP contribution is -2.53. The second-order valence-corrected chi connectivity index (χ2v) is 7.84. The quantitative estimate of drug-likeness (QED) is 0.898. The van der Waals surface area contributed by atoms with Crippen LogP contribution in [0.3, 0.4) is 0 Å². The molecule has 1 atom stereocenters. The summed E-state index contributed by atoms with van der Waals surface area (Å²) >= 11 is 0. The summed E-state index contributed by atoms with van der Waals surface area (Å²) in [7, 11) is 0. The maximum Gasteiger partial charge on any atom is 0.245 e. The van der Waals surface area contributed by atoms with Crippen LogP contribution in [0.1, 0.15) is 57.3 Å². The maximum absolute atomic E-state index is 13.1. The standard InChI is InChI=1S/C21H27N3O3/c1-14(25)22-19(15-6-2-3-7-15)21(26)24-12-10-16(11-13-24)20-23-17-8-4-5-9-18(17)27-20/h4-5,8-9,15-16,19H,2-3,6-7,10-13H2,1H3,(H,22,25). The zero-order valence-corrected chi connectivity index (χ0v) is 15.8. The van der Waals surface area contributed by atoms with Gasteiger partial charge in [0, 0.05) is 25.9 Å². The number of likely N-dealkylation sites (tertiary alicyclic amines) is 1. The molecule has 0 spiro atoms. The number of hydrogen-bond acceptors (Lipinski definition) is 4. The first-order chi connectivity index (χ1) is 13.1. The Kier molecular flexibility index (Phi) is 5.14. The van der Waals surface area contributed by atoms with Gasteiger partial charge < -0.3 is 14.6 Å². The molecular weight excluding hydrogens is 342 g/mol. The van der Waals surface area contributed by atoms with E-state index in [4.69, 9.17) is 4.42 Å². The van der Waals surface area contributed by atoms with Crippen LogP contribution in [0.4, 0.5) is 0 Å². The van der Waals surface area contributed by atoms with Gasteiger partial charge in [0.25, 0.3) is 0 Å². The molecule has 1 aliphatic heterocycles. The second-order valence-electron chi connectivity index (χ2n) is 7.84. The predicted molar refractivity (Wildman–Crippen MR) is 102 cm³/mol. The summed E-state index contributed by atoms with van der Waals surface area (Å²) in [6, 6.07) is 7.43. The van der Waals surface area contributed by atoms with E-state index in [1.807, 2.05) is 29.2 Å². The number of piperidine rings is 1. The average Bonchev–Trinajstić information content (AvgIpc) is 3.35. The van der Waals surface area contributed by atoms with E-state index in [2.05, 4.69) is 10.3 Å². The fourth-order valence-electron chi connectivity index (χ4n) is 4.50. The lowest BCUT2D eigenvalue weighted by Gasteiger charge is -2.35. The molecule has 2 aromatic rings. The number of hydrogen-bond donors (Lipinski definition) is 1. The highest BCUT2D eigenvalue weighted by Gasteiger charge is 2.36. The number of aromatic nitrogens is 1. The molecule has 1 unspecified atom stereocenters. The molecule has 0 bridgehead atoms. The molecule has 0 radical (unpaired) electrons. The van der Waals surface area contributed by atoms with Gasteiger partial charge in [0.05, 0.1) is 0 Å². The maximum atomic E-state index is 13.1. The van der Waals surface area contributed by atoms with Crippen molar-refractivity contribution in [3.63, 3.8) is 0 Å². The van der Waals surface area contributed by atoms with Gasteiger partial charge in [-0.15, -0.1) is 0 Å². The van der Waals surface area contributed by atoms with Gasteiger partial charge in [0.15, 0.2) is 11.5 Å². The molecule has 1 aliphatic carbocycles. The molecular formula is C21H27N3O3. The van der Waals surface area contributed by atoms with E-state index >= 15 is 0 Å². The normalized spacial score (nSPS) is 20.1. The van der Waals surface area contributed by atoms with Crippen molar-refractivity contribution in [2.45, 2.75) is 57.4 Å². The number of benzene rings is 1. The number of carbonyl (C=O) groups is 2. The van der Waals surface area contributed by atoms with Gasteiger partial charge in [0.2, 0.25) is 11.8 Å². The molecule has 2 heterocycles. The van der Waals surface area contributed by atoms with Gasteiger partial charge in [-0.3, -0.25) is 9.59 Å². The van der Waals surface area contributed by atoms with Crippen LogP contribution in [0.15, 0.2) is 28.7 Å². The van der Waals surface area contributed by atoms with Crippen molar-refractivity contribution in [1.82, 2.24) is 15.2 Å². The lowest BCUT2D eigenvalue weighted by molar-refractivity contribution is -0.138. The second kappa shape index (κ2) is 7.71. The van der Waals surface area contributed by atoms with Gasteiger partial charge in [-0.2, -0.15) is 0 Å². The third-order valence-electron chi connectivity index (χ3n) is 5.96. The first kappa shape index (κ1) is 18.0. The minimum Gasteiger partial charge on any atom is -0.440 e. The fourth-order valence-corrected chi connectivity index (χ4v) is 4.50. The number of fused-ring (bicyclic) bond motifs is 1. The van der Waals surface area contributed by atoms with E-state index in [1.165, 1.54) is 6.92 Å². The minimum atomic E-state index is -0.370. The van der Waals surface area contributed by atoms with E-state index < -0.39 is 0 Å². The van der Waals surface area contributed by atoms with E-state index in [0.29, 0.717) is 13.1 Å². The van der Waals surface area contributed by atoms with Crippen molar-refractivity contribution in [2.24, 2.45) is 5.92 Å². The molecule has 1 saturated carbocycles. The van der Waals surface area contributed by atoms with Crippen molar-refractivity contribution in [2.75, 3.05) is 13.1 Å². The van der Waals surface area contributed by atoms with Crippen LogP contribution >= 0.6 is 0 Å². The Morgan fingerprint density at radius 2 is 1.85 bits per heavy atom. The van der Waals surface area contributed by atoms with Crippen LogP contribution in [0, 0.1) is 5.92 Å². The van der Waals surface area contributed by atoms with Crippen LogP contribution in [0.5, 0.6) is 0 Å². The molecule has 1 aromatic carbocycles. The van der Waals surface area contributed by atoms with Crippen molar-refractivity contribution in [3.05, 3.63) is 30.2 Å². The molecule has 1 saturated heterocycles. The Morgan fingerprint density at radius 1 is 1.15 bits per heavy atom. The van der Waals surface area contributed by atoms with Crippen LogP contribution in [0.2, 0.25) is 0 Å². The number of carbonyl (C=O) groups excluding carboxylic acids is 2. The molecule has 2 fully saturated rings. The van der Waals surface area contributed by atoms with Crippen molar-refractivity contribution in [1.29, 1.82) is 0 Å². The third-order valence-corrected chi connectivity index (χ3v) is 5.96. The van der Waals surface area contributed by atoms with E-state index in [9.17, 15) is 9.59 Å². The van der Waals surface area contributed by atoms with Gasteiger partial charge >= 0.3 is 0 Å². The summed E-state index contributed by atoms with van der Waals surface area (Å²) in [5, 5.41) is 2.92. The highest BCUT2D eigenvalue weighted by Crippen LogP contribution is 2.32. The summed E-state index contributed by atoms with van der Waals surface area (Å²) in [5.74, 6) is 1.25. The van der Waals surface area contributed by atoms with Crippen LogP contribution in [-0.4, -0.2) is 40.8 Å². The Labute approximate surface area is 159 Å². The molecule has 2 amide bonds. The van der Waals surface area contributed by atoms with Crippen molar-refractivity contribution >= 4 is 22.9 Å². The monoisotopic (exact) mass is 369 g/mol. The van der Waals surface area contributed by atoms with Crippen molar-refractivity contribution in [3.8, 4) is 0 Å². The summed E-state index contributed by atoms with van der Waals surface area (Å²) in [6.45, 7) is 2.87. The van der Waals surface area contributed by atoms with E-state index in [-0.39, 0.29) is 29.7 Å². The third kappa shape index (κ3) is 3.84. The van der Waals surface area contributed by atoms with Gasteiger partial charge in [0.1, 0.15) is 11.6 Å². The smallest absolute Gasteiger partial charge is 0.245 e. The summed E-state index contributed by atoms with van der Waals surface area (Å²) in [4.78, 5) is 31.2. The zero-order valence-electron chi connectivity index (χ0n) is 15.8. The Hall–Kier alpha value is -2.37. The average molecular weight is 369 g/mol. The highest BCUT2D eigenvalue weighted by atomic mass is 16.3. The molecule has 1 aromatic heterocycles. The number of nitrogens with zero attached hydrogens (tertiary/aromatic N) is 2. The lowest BCUT2D eigenvalue weighted by atomic mass is 9.93. The summed E-state index contributed by atoms with van der Waals surface area (Å²) in [6.07, 6.45) is 6.03. The highest BCUT2D eigenvalue weighted by molar-refractivity contribution is 5.87. The summed E-state index contributed by atoms with van der Waals surface area (Å²) < 4.78 is 5.91. The van der Waals surface area contributed by atoms with Crippen LogP contribution in [-0.2, 0) is 9.59 Å². The topological polar surface area (TPSA) is 75.4 Å². The fraction of sp³-hybridized carbons (Fsp3) is 0.571. The molecule has 6 nitrogen and oxygen atoms in total. The molecule has 1 N–H and O–H groups in total. The van der Waals surface area contributed by atoms with Crippen LogP contribution < -0.4 is 5.32 Å². The number of rotatable bonds is 4. The number of amides is 2. The van der Waals surface area contributed by atoms with Crippen molar-refractivity contribution < 1.29 is 14.0 Å². The molecule has 2 aliphatic rings. The summed E-state index contributed by atoms with van der Waals surface area (Å²) in [5.41, 5.74) is 1.70. The van der Waals surface area contributed by atoms with Crippen LogP contribution in [0.25, 0.3) is 11.1 Å². The Morgan fingerprint density at radius 3 is 2.52 bits per heavy atom. The predicted octanol–water partition coefficient (Wildman–Crippen LogP) is 3.23. The molecule has 144 valence electrons. The minimum absolute atomic E-state index is 0.0770. The molecule has 6 heteroatoms. The van der Waals surface area contributed by atoms with E-state index in [1.54, 1.807) is 0 Å². The Balaban J connectivity index is 1.41. The van der Waals surface area contributed by atoms with E-state index in [0.717, 1.165) is 55.5 Å². The van der Waals surface area contributed by atoms with Gasteiger partial charge in [-0.1, -0.05) is 25.0 Å². The largest absolute Gasteiger partial charge is 0.440 e. The Bertz CT molecular complexity index is 784. The molecule has 4 rings (SSSR count). The molecule has 27 heavy (non-hydrogen) atoms.